The summed E-state index contributed by atoms with van der Waals surface area (Å²) in [5.74, 6) is 0.538. The first-order chi connectivity index (χ1) is 11.7. The molecule has 0 saturated heterocycles. The molecule has 0 bridgehead atoms. The van der Waals surface area contributed by atoms with Crippen LogP contribution in [0.5, 0.6) is 0 Å². The molecule has 2 aromatic carbocycles. The van der Waals surface area contributed by atoms with Crippen molar-refractivity contribution in [2.24, 2.45) is 4.99 Å². The number of ether oxygens (including phenoxy) is 1. The van der Waals surface area contributed by atoms with Crippen molar-refractivity contribution in [2.75, 3.05) is 25.6 Å². The van der Waals surface area contributed by atoms with Gasteiger partial charge in [0, 0.05) is 25.8 Å². The maximum Gasteiger partial charge on any atom is 0.337 e. The zero-order valence-electron chi connectivity index (χ0n) is 14.4. The van der Waals surface area contributed by atoms with Gasteiger partial charge in [0.15, 0.2) is 5.96 Å². The number of carbonyl (C=O) groups is 1. The number of anilines is 1. The molecule has 0 unspecified atom stereocenters. The molecule has 0 radical (unpaired) electrons. The van der Waals surface area contributed by atoms with E-state index in [4.69, 9.17) is 4.74 Å². The van der Waals surface area contributed by atoms with Crippen LogP contribution in [0.2, 0.25) is 0 Å². The fourth-order valence-electron chi connectivity index (χ4n) is 2.91. The van der Waals surface area contributed by atoms with Gasteiger partial charge in [-0.15, -0.1) is 24.0 Å². The van der Waals surface area contributed by atoms with Gasteiger partial charge in [-0.25, -0.2) is 4.79 Å². The SMILES string of the molecule is CN=C(NCc1ccc(C(=O)OC)cc1)N1CCc2ccccc21.I. The Morgan fingerprint density at radius 1 is 1.20 bits per heavy atom. The normalized spacial score (nSPS) is 13.0. The Morgan fingerprint density at radius 3 is 2.60 bits per heavy atom. The van der Waals surface area contributed by atoms with E-state index in [1.807, 2.05) is 12.1 Å². The molecule has 1 aliphatic heterocycles. The number of fused-ring (bicyclic) bond motifs is 1. The summed E-state index contributed by atoms with van der Waals surface area (Å²) >= 11 is 0. The third-order valence-corrected chi connectivity index (χ3v) is 4.18. The molecule has 6 heteroatoms. The molecule has 0 fully saturated rings. The van der Waals surface area contributed by atoms with Gasteiger partial charge in [0.25, 0.3) is 0 Å². The highest BCUT2D eigenvalue weighted by molar-refractivity contribution is 14.0. The third kappa shape index (κ3) is 4.31. The van der Waals surface area contributed by atoms with Crippen molar-refractivity contribution in [3.8, 4) is 0 Å². The molecule has 0 saturated carbocycles. The van der Waals surface area contributed by atoms with E-state index in [1.165, 1.54) is 18.4 Å². The number of methoxy groups -OCH3 is 1. The lowest BCUT2D eigenvalue weighted by molar-refractivity contribution is 0.0600. The van der Waals surface area contributed by atoms with Crippen LogP contribution in [0.1, 0.15) is 21.5 Å². The Hall–Kier alpha value is -2.09. The van der Waals surface area contributed by atoms with Gasteiger partial charge in [0.2, 0.25) is 0 Å². The van der Waals surface area contributed by atoms with Gasteiger partial charge in [0.05, 0.1) is 12.7 Å². The molecule has 2 aromatic rings. The number of para-hydroxylation sites is 1. The van der Waals surface area contributed by atoms with Crippen LogP contribution >= 0.6 is 24.0 Å². The second kappa shape index (κ2) is 8.84. The monoisotopic (exact) mass is 451 g/mol. The van der Waals surface area contributed by atoms with Crippen molar-refractivity contribution in [3.05, 3.63) is 65.2 Å². The molecule has 0 aliphatic carbocycles. The minimum atomic E-state index is -0.320. The highest BCUT2D eigenvalue weighted by atomic mass is 127. The molecule has 1 N–H and O–H groups in total. The predicted molar refractivity (Wildman–Crippen MR) is 111 cm³/mol. The number of nitrogens with one attached hydrogen (secondary N) is 1. The summed E-state index contributed by atoms with van der Waals surface area (Å²) in [6.07, 6.45) is 1.03. The van der Waals surface area contributed by atoms with Gasteiger partial charge >= 0.3 is 5.97 Å². The first-order valence-corrected chi connectivity index (χ1v) is 7.96. The summed E-state index contributed by atoms with van der Waals surface area (Å²) in [6.45, 7) is 1.58. The second-order valence-corrected chi connectivity index (χ2v) is 5.62. The summed E-state index contributed by atoms with van der Waals surface area (Å²) in [5.41, 5.74) is 4.20. The molecular formula is C19H22IN3O2. The standard InChI is InChI=1S/C19H21N3O2.HI/c1-20-19(22-12-11-15-5-3-4-6-17(15)22)21-13-14-7-9-16(10-8-14)18(23)24-2;/h3-10H,11-13H2,1-2H3,(H,20,21);1H. The average molecular weight is 451 g/mol. The zero-order chi connectivity index (χ0) is 16.9. The van der Waals surface area contributed by atoms with Crippen molar-refractivity contribution in [3.63, 3.8) is 0 Å². The van der Waals surface area contributed by atoms with E-state index in [0.717, 1.165) is 24.5 Å². The molecule has 132 valence electrons. The van der Waals surface area contributed by atoms with Crippen molar-refractivity contribution in [2.45, 2.75) is 13.0 Å². The third-order valence-electron chi connectivity index (χ3n) is 4.18. The van der Waals surface area contributed by atoms with E-state index in [-0.39, 0.29) is 29.9 Å². The van der Waals surface area contributed by atoms with Gasteiger partial charge in [-0.3, -0.25) is 4.99 Å². The second-order valence-electron chi connectivity index (χ2n) is 5.62. The summed E-state index contributed by atoms with van der Waals surface area (Å²) in [7, 11) is 3.18. The van der Waals surface area contributed by atoms with E-state index in [1.54, 1.807) is 19.2 Å². The fraction of sp³-hybridized carbons (Fsp3) is 0.263. The molecule has 0 aromatic heterocycles. The number of guanidine groups is 1. The minimum absolute atomic E-state index is 0. The van der Waals surface area contributed by atoms with Gasteiger partial charge in [0.1, 0.15) is 0 Å². The van der Waals surface area contributed by atoms with E-state index in [0.29, 0.717) is 12.1 Å². The number of carbonyl (C=O) groups excluding carboxylic acids is 1. The van der Waals surface area contributed by atoms with Crippen LogP contribution in [0, 0.1) is 0 Å². The smallest absolute Gasteiger partial charge is 0.337 e. The number of hydrogen-bond acceptors (Lipinski definition) is 3. The van der Waals surface area contributed by atoms with E-state index < -0.39 is 0 Å². The summed E-state index contributed by atoms with van der Waals surface area (Å²) < 4.78 is 4.71. The van der Waals surface area contributed by atoms with E-state index >= 15 is 0 Å². The molecule has 1 heterocycles. The highest BCUT2D eigenvalue weighted by Gasteiger charge is 2.22. The number of halogens is 1. The Labute approximate surface area is 165 Å². The number of esters is 1. The van der Waals surface area contributed by atoms with Crippen molar-refractivity contribution >= 4 is 41.6 Å². The van der Waals surface area contributed by atoms with E-state index in [2.05, 4.69) is 39.5 Å². The van der Waals surface area contributed by atoms with Crippen LogP contribution in [-0.2, 0) is 17.7 Å². The average Bonchev–Trinajstić information content (AvgIpc) is 3.06. The lowest BCUT2D eigenvalue weighted by Gasteiger charge is -2.22. The van der Waals surface area contributed by atoms with Crippen LogP contribution < -0.4 is 10.2 Å². The molecule has 0 spiro atoms. The highest BCUT2D eigenvalue weighted by Crippen LogP contribution is 2.27. The van der Waals surface area contributed by atoms with Gasteiger partial charge in [-0.1, -0.05) is 30.3 Å². The Kier molecular flexibility index (Phi) is 6.81. The van der Waals surface area contributed by atoms with Crippen LogP contribution in [0.3, 0.4) is 0 Å². The lowest BCUT2D eigenvalue weighted by atomic mass is 10.1. The molecule has 0 amide bonds. The molecular weight excluding hydrogens is 429 g/mol. The summed E-state index contributed by atoms with van der Waals surface area (Å²) in [4.78, 5) is 18.1. The minimum Gasteiger partial charge on any atom is -0.465 e. The van der Waals surface area contributed by atoms with Crippen LogP contribution in [0.4, 0.5) is 5.69 Å². The Morgan fingerprint density at radius 2 is 1.92 bits per heavy atom. The number of nitrogens with zero attached hydrogens (tertiary/aromatic N) is 2. The quantitative estimate of drug-likeness (QED) is 0.337. The summed E-state index contributed by atoms with van der Waals surface area (Å²) in [6, 6.07) is 15.8. The van der Waals surface area contributed by atoms with Gasteiger partial charge in [-0.2, -0.15) is 0 Å². The Balaban J connectivity index is 0.00000225. The topological polar surface area (TPSA) is 53.9 Å². The van der Waals surface area contributed by atoms with E-state index in [9.17, 15) is 4.79 Å². The fourth-order valence-corrected chi connectivity index (χ4v) is 2.91. The maximum absolute atomic E-state index is 11.5. The molecule has 3 rings (SSSR count). The number of hydrogen-bond donors (Lipinski definition) is 1. The van der Waals surface area contributed by atoms with Crippen LogP contribution in [-0.4, -0.2) is 32.6 Å². The van der Waals surface area contributed by atoms with Crippen molar-refractivity contribution in [1.82, 2.24) is 5.32 Å². The van der Waals surface area contributed by atoms with Crippen LogP contribution in [0.15, 0.2) is 53.5 Å². The maximum atomic E-state index is 11.5. The first-order valence-electron chi connectivity index (χ1n) is 7.96. The molecule has 25 heavy (non-hydrogen) atoms. The molecule has 5 nitrogen and oxygen atoms in total. The van der Waals surface area contributed by atoms with Crippen LogP contribution in [0.25, 0.3) is 0 Å². The zero-order valence-corrected chi connectivity index (χ0v) is 16.7. The van der Waals surface area contributed by atoms with Crippen molar-refractivity contribution in [1.29, 1.82) is 0 Å². The van der Waals surface area contributed by atoms with Gasteiger partial charge < -0.3 is 15.0 Å². The molecule has 1 aliphatic rings. The molecule has 0 atom stereocenters. The first kappa shape index (κ1) is 19.2. The largest absolute Gasteiger partial charge is 0.465 e. The van der Waals surface area contributed by atoms with Crippen molar-refractivity contribution < 1.29 is 9.53 Å². The number of aliphatic imine (C=N–C) groups is 1. The number of rotatable bonds is 3. The lowest BCUT2D eigenvalue weighted by Crippen LogP contribution is -2.40. The predicted octanol–water partition coefficient (Wildman–Crippen LogP) is 3.23. The summed E-state index contributed by atoms with van der Waals surface area (Å²) in [5, 5.41) is 3.39. The van der Waals surface area contributed by atoms with Gasteiger partial charge in [-0.05, 0) is 35.7 Å². The number of benzene rings is 2. The Bertz CT molecular complexity index is 760.